The number of nitrogens with one attached hydrogen (secondary N) is 1. The van der Waals surface area contributed by atoms with E-state index in [9.17, 15) is 13.8 Å². The van der Waals surface area contributed by atoms with Crippen molar-refractivity contribution in [1.29, 1.82) is 0 Å². The molecule has 0 aliphatic carbocycles. The molecule has 14 heavy (non-hydrogen) atoms. The van der Waals surface area contributed by atoms with Crippen LogP contribution in [0.15, 0.2) is 0 Å². The van der Waals surface area contributed by atoms with Crippen molar-refractivity contribution >= 4 is 22.7 Å². The van der Waals surface area contributed by atoms with Crippen LogP contribution >= 0.6 is 0 Å². The van der Waals surface area contributed by atoms with Gasteiger partial charge in [0.1, 0.15) is 5.92 Å². The van der Waals surface area contributed by atoms with E-state index in [1.54, 1.807) is 6.26 Å². The van der Waals surface area contributed by atoms with Gasteiger partial charge in [0.2, 0.25) is 5.91 Å². The fraction of sp³-hybridized carbons (Fsp3) is 0.750. The minimum absolute atomic E-state index is 0.371. The highest BCUT2D eigenvalue weighted by molar-refractivity contribution is 7.84. The van der Waals surface area contributed by atoms with Crippen LogP contribution in [0.1, 0.15) is 13.3 Å². The van der Waals surface area contributed by atoms with Crippen LogP contribution in [0.25, 0.3) is 0 Å². The number of amides is 1. The summed E-state index contributed by atoms with van der Waals surface area (Å²) in [6, 6.07) is 0. The molecule has 0 fully saturated rings. The maximum atomic E-state index is 11.1. The van der Waals surface area contributed by atoms with Crippen molar-refractivity contribution in [3.8, 4) is 0 Å². The van der Waals surface area contributed by atoms with Gasteiger partial charge in [0.15, 0.2) is 0 Å². The molecular formula is C8H15NO4S. The number of hydrogen-bond donors (Lipinski definition) is 2. The Morgan fingerprint density at radius 2 is 2.07 bits per heavy atom. The molecule has 0 bridgehead atoms. The Labute approximate surface area is 85.3 Å². The van der Waals surface area contributed by atoms with Gasteiger partial charge < -0.3 is 10.4 Å². The molecule has 0 aliphatic heterocycles. The summed E-state index contributed by atoms with van der Waals surface area (Å²) in [5.41, 5.74) is 0. The van der Waals surface area contributed by atoms with Gasteiger partial charge in [-0.25, -0.2) is 0 Å². The van der Waals surface area contributed by atoms with Crippen molar-refractivity contribution in [2.75, 3.05) is 18.6 Å². The minimum Gasteiger partial charge on any atom is -0.481 e. The molecule has 0 rings (SSSR count). The average molecular weight is 221 g/mol. The molecule has 2 N–H and O–H groups in total. The first-order valence-electron chi connectivity index (χ1n) is 4.25. The van der Waals surface area contributed by atoms with Gasteiger partial charge in [0.25, 0.3) is 0 Å². The maximum Gasteiger partial charge on any atom is 0.315 e. The summed E-state index contributed by atoms with van der Waals surface area (Å²) < 4.78 is 10.6. The van der Waals surface area contributed by atoms with Crippen LogP contribution < -0.4 is 5.32 Å². The standard InChI is InChI=1S/C8H15NO4S/c1-6(8(11)12)7(10)9-4-3-5-14(2)13/h6H,3-5H2,1-2H3,(H,9,10)(H,11,12). The number of carboxylic acid groups (broad SMARTS) is 1. The van der Waals surface area contributed by atoms with Crippen molar-refractivity contribution in [1.82, 2.24) is 5.32 Å². The molecule has 5 nitrogen and oxygen atoms in total. The van der Waals surface area contributed by atoms with E-state index in [1.165, 1.54) is 6.92 Å². The molecule has 0 spiro atoms. The molecule has 2 atom stereocenters. The second-order valence-electron chi connectivity index (χ2n) is 2.98. The zero-order valence-corrected chi connectivity index (χ0v) is 9.10. The lowest BCUT2D eigenvalue weighted by Crippen LogP contribution is -2.34. The van der Waals surface area contributed by atoms with E-state index in [-0.39, 0.29) is 0 Å². The first-order valence-corrected chi connectivity index (χ1v) is 5.98. The molecule has 0 saturated heterocycles. The molecule has 2 unspecified atom stereocenters. The van der Waals surface area contributed by atoms with Gasteiger partial charge in [0.05, 0.1) is 0 Å². The van der Waals surface area contributed by atoms with Crippen LogP contribution in [0, 0.1) is 5.92 Å². The van der Waals surface area contributed by atoms with Crippen molar-refractivity contribution in [3.05, 3.63) is 0 Å². The van der Waals surface area contributed by atoms with E-state index < -0.39 is 28.6 Å². The normalized spacial score (nSPS) is 14.4. The average Bonchev–Trinajstić information content (AvgIpc) is 2.10. The Kier molecular flexibility index (Phi) is 6.11. The first-order chi connectivity index (χ1) is 6.45. The van der Waals surface area contributed by atoms with E-state index in [4.69, 9.17) is 5.11 Å². The molecule has 6 heteroatoms. The van der Waals surface area contributed by atoms with E-state index in [2.05, 4.69) is 5.32 Å². The summed E-state index contributed by atoms with van der Waals surface area (Å²) in [5.74, 6) is -2.15. The smallest absolute Gasteiger partial charge is 0.315 e. The molecule has 0 aromatic rings. The molecule has 0 aromatic heterocycles. The number of aliphatic carboxylic acids is 1. The summed E-state index contributed by atoms with van der Waals surface area (Å²) >= 11 is 0. The zero-order chi connectivity index (χ0) is 11.1. The molecular weight excluding hydrogens is 206 g/mol. The molecule has 0 heterocycles. The first kappa shape index (κ1) is 13.1. The number of rotatable bonds is 6. The minimum atomic E-state index is -1.14. The molecule has 1 amide bonds. The van der Waals surface area contributed by atoms with Gasteiger partial charge in [0, 0.05) is 29.4 Å². The van der Waals surface area contributed by atoms with Crippen molar-refractivity contribution < 1.29 is 18.9 Å². The largest absolute Gasteiger partial charge is 0.481 e. The Bertz CT molecular complexity index is 241. The van der Waals surface area contributed by atoms with Gasteiger partial charge in [-0.05, 0) is 13.3 Å². The van der Waals surface area contributed by atoms with Gasteiger partial charge in [-0.3, -0.25) is 13.8 Å². The number of carbonyl (C=O) groups excluding carboxylic acids is 1. The van der Waals surface area contributed by atoms with E-state index in [1.807, 2.05) is 0 Å². The van der Waals surface area contributed by atoms with Gasteiger partial charge >= 0.3 is 5.97 Å². The highest BCUT2D eigenvalue weighted by Gasteiger charge is 2.19. The third kappa shape index (κ3) is 5.69. The number of carbonyl (C=O) groups is 2. The second kappa shape index (κ2) is 6.53. The second-order valence-corrected chi connectivity index (χ2v) is 4.54. The van der Waals surface area contributed by atoms with Gasteiger partial charge in [-0.2, -0.15) is 0 Å². The van der Waals surface area contributed by atoms with Crippen LogP contribution in [0.4, 0.5) is 0 Å². The zero-order valence-electron chi connectivity index (χ0n) is 8.28. The van der Waals surface area contributed by atoms with Crippen molar-refractivity contribution in [2.45, 2.75) is 13.3 Å². The predicted octanol–water partition coefficient (Wildman–Crippen LogP) is -0.408. The van der Waals surface area contributed by atoms with E-state index >= 15 is 0 Å². The summed E-state index contributed by atoms with van der Waals surface area (Å²) in [4.78, 5) is 21.4. The lowest BCUT2D eigenvalue weighted by molar-refractivity contribution is -0.146. The monoisotopic (exact) mass is 221 g/mol. The fourth-order valence-electron chi connectivity index (χ4n) is 0.752. The van der Waals surface area contributed by atoms with Crippen LogP contribution in [0.2, 0.25) is 0 Å². The number of carboxylic acids is 1. The lowest BCUT2D eigenvalue weighted by atomic mass is 10.2. The highest BCUT2D eigenvalue weighted by atomic mass is 32.2. The fourth-order valence-corrected chi connectivity index (χ4v) is 1.30. The Morgan fingerprint density at radius 1 is 1.50 bits per heavy atom. The van der Waals surface area contributed by atoms with Crippen molar-refractivity contribution in [2.24, 2.45) is 5.92 Å². The molecule has 0 aromatic carbocycles. The maximum absolute atomic E-state index is 11.1. The predicted molar refractivity (Wildman–Crippen MR) is 53.4 cm³/mol. The highest BCUT2D eigenvalue weighted by Crippen LogP contribution is 1.94. The SMILES string of the molecule is CC(C(=O)O)C(=O)NCCCS(C)=O. The summed E-state index contributed by atoms with van der Waals surface area (Å²) in [7, 11) is -0.867. The van der Waals surface area contributed by atoms with Crippen LogP contribution in [0.3, 0.4) is 0 Å². The van der Waals surface area contributed by atoms with Crippen LogP contribution in [0.5, 0.6) is 0 Å². The lowest BCUT2D eigenvalue weighted by Gasteiger charge is -2.07. The molecule has 0 saturated carbocycles. The number of hydrogen-bond acceptors (Lipinski definition) is 3. The molecule has 0 aliphatic rings. The summed E-state index contributed by atoms with van der Waals surface area (Å²) in [6.07, 6.45) is 2.18. The quantitative estimate of drug-likeness (QED) is 0.472. The van der Waals surface area contributed by atoms with Gasteiger partial charge in [-0.1, -0.05) is 0 Å². The Morgan fingerprint density at radius 3 is 2.50 bits per heavy atom. The molecule has 0 radical (unpaired) electrons. The Hall–Kier alpha value is -0.910. The van der Waals surface area contributed by atoms with E-state index in [0.29, 0.717) is 18.7 Å². The third-order valence-electron chi connectivity index (χ3n) is 1.67. The molecule has 82 valence electrons. The third-order valence-corrected chi connectivity index (χ3v) is 2.54. The van der Waals surface area contributed by atoms with Gasteiger partial charge in [-0.15, -0.1) is 0 Å². The van der Waals surface area contributed by atoms with E-state index in [0.717, 1.165) is 0 Å². The topological polar surface area (TPSA) is 83.5 Å². The summed E-state index contributed by atoms with van der Waals surface area (Å²) in [6.45, 7) is 1.70. The van der Waals surface area contributed by atoms with Crippen molar-refractivity contribution in [3.63, 3.8) is 0 Å². The van der Waals surface area contributed by atoms with Crippen LogP contribution in [-0.2, 0) is 20.4 Å². The van der Waals surface area contributed by atoms with Crippen LogP contribution in [-0.4, -0.2) is 39.7 Å². The summed E-state index contributed by atoms with van der Waals surface area (Å²) in [5, 5.41) is 11.0. The Balaban J connectivity index is 3.64.